The van der Waals surface area contributed by atoms with E-state index in [9.17, 15) is 99.4 Å². The number of nitrogens with one attached hydrogen (secondary N) is 6. The van der Waals surface area contributed by atoms with Crippen LogP contribution in [0.1, 0.15) is 62.7 Å². The molecule has 2 aromatic carbocycles. The molecule has 7 amide bonds. The van der Waals surface area contributed by atoms with Gasteiger partial charge in [-0.2, -0.15) is 65.9 Å². The maximum absolute atomic E-state index is 13.9. The van der Waals surface area contributed by atoms with Crippen molar-refractivity contribution in [2.75, 3.05) is 88.8 Å². The van der Waals surface area contributed by atoms with Crippen molar-refractivity contribution in [1.82, 2.24) is 41.3 Å². The highest BCUT2D eigenvalue weighted by Crippen LogP contribution is 2.38. The molecule has 3 heterocycles. The van der Waals surface area contributed by atoms with Gasteiger partial charge >= 0.3 is 60.7 Å². The van der Waals surface area contributed by atoms with Crippen LogP contribution in [-0.4, -0.2) is 251 Å². The molecule has 46 heteroatoms. The van der Waals surface area contributed by atoms with E-state index in [0.29, 0.717) is 74.7 Å². The Hall–Kier alpha value is -9.70. The SMILES string of the molecule is CC(=O)N[C@@H](CCCN)C(=O)NC(=O)[C@H](C)NC(=O)[C@H](CCN=C(N)N)NCCN1CCN(CCC(=O)NC2CCN(CC(=O)N3c4ccccc4NC(=O)c4ccccc43)CC2)CC1.O=C(O)C(F)(F)F.O=C(O)C(F)(F)F.O=C(O)C(F)(F)F.O=C(O)C(F)(F)F.O=C(O)C(F)(F)F. The molecule has 0 saturated carbocycles. The molecule has 564 valence electrons. The minimum atomic E-state index is -5.08. The van der Waals surface area contributed by atoms with Crippen molar-refractivity contribution >= 4 is 94.2 Å². The summed E-state index contributed by atoms with van der Waals surface area (Å²) in [7, 11) is 0. The Morgan fingerprint density at radius 2 is 1.03 bits per heavy atom. The third-order valence-corrected chi connectivity index (χ3v) is 12.9. The zero-order valence-electron chi connectivity index (χ0n) is 52.4. The molecular formula is C54H71F15N14O17. The lowest BCUT2D eigenvalue weighted by Crippen LogP contribution is -2.56. The largest absolute Gasteiger partial charge is 0.490 e. The van der Waals surface area contributed by atoms with E-state index < -0.39 is 102 Å². The van der Waals surface area contributed by atoms with E-state index in [2.05, 4.69) is 51.6 Å². The highest BCUT2D eigenvalue weighted by Gasteiger charge is 2.41. The van der Waals surface area contributed by atoms with E-state index in [-0.39, 0.29) is 55.7 Å². The third kappa shape index (κ3) is 36.8. The first-order chi connectivity index (χ1) is 45.9. The summed E-state index contributed by atoms with van der Waals surface area (Å²) in [5, 5.41) is 52.4. The van der Waals surface area contributed by atoms with Crippen LogP contribution in [-0.2, 0) is 52.7 Å². The average Bonchev–Trinajstić information content (AvgIpc) is 1.60. The Morgan fingerprint density at radius 3 is 1.47 bits per heavy atom. The quantitative estimate of drug-likeness (QED) is 0.0480. The van der Waals surface area contributed by atoms with Crippen molar-refractivity contribution in [3.8, 4) is 0 Å². The summed E-state index contributed by atoms with van der Waals surface area (Å²) in [6.45, 7) is 9.57. The molecule has 5 rings (SSSR count). The molecule has 0 unspecified atom stereocenters. The zero-order valence-corrected chi connectivity index (χ0v) is 52.4. The predicted molar refractivity (Wildman–Crippen MR) is 315 cm³/mol. The standard InChI is InChI=1S/C44H66N14O7.5C2HF3O2/c1-29(40(62)54-43(65)35(10-7-17-45)51-30(2)59)50-42(64)34(13-18-49-44(46)47)48-19-23-56-26-24-55(25-27-56)22-16-38(60)52-31-14-20-57(21-15-31)28-39(61)58-36-11-5-3-8-32(36)41(63)53-33-9-4-6-12-37(33)58;5*3-2(4,5)1(6)7/h3-6,8-9,11-12,29,31,34-35,48H,7,10,13-28,45H2,1-2H3,(H,50,64)(H,51,59)(H,52,60)(H,53,63)(H4,46,47,49)(H,54,62,65);5*(H,6,7)/t29-,34-,35-;;;;;/m0...../s1. The number of carboxylic acid groups (broad SMARTS) is 5. The van der Waals surface area contributed by atoms with E-state index in [1.54, 1.807) is 29.2 Å². The van der Waals surface area contributed by atoms with Gasteiger partial charge < -0.3 is 74.2 Å². The van der Waals surface area contributed by atoms with Gasteiger partial charge in [-0.05, 0) is 69.8 Å². The summed E-state index contributed by atoms with van der Waals surface area (Å²) in [4.78, 5) is 147. The molecule has 3 aliphatic rings. The Kier molecular flexibility index (Phi) is 38.2. The number of hydrogen-bond donors (Lipinski definition) is 14. The number of piperazine rings is 1. The molecule has 0 aromatic heterocycles. The van der Waals surface area contributed by atoms with Gasteiger partial charge in [-0.3, -0.25) is 58.6 Å². The molecular weight excluding hydrogens is 1400 g/mol. The molecule has 3 aliphatic heterocycles. The van der Waals surface area contributed by atoms with Crippen LogP contribution < -0.4 is 54.0 Å². The minimum absolute atomic E-state index is 0.00115. The van der Waals surface area contributed by atoms with Crippen LogP contribution in [0.4, 0.5) is 82.9 Å². The number of amides is 7. The average molecular weight is 1470 g/mol. The second kappa shape index (κ2) is 42.3. The molecule has 100 heavy (non-hydrogen) atoms. The molecule has 2 fully saturated rings. The Bertz CT molecular complexity index is 2960. The fourth-order valence-electron chi connectivity index (χ4n) is 8.09. The second-order valence-electron chi connectivity index (χ2n) is 20.7. The number of rotatable bonds is 21. The lowest BCUT2D eigenvalue weighted by Gasteiger charge is -2.35. The number of anilines is 3. The molecule has 17 N–H and O–H groups in total. The van der Waals surface area contributed by atoms with E-state index in [4.69, 9.17) is 66.7 Å². The van der Waals surface area contributed by atoms with E-state index in [1.165, 1.54) is 13.8 Å². The van der Waals surface area contributed by atoms with Crippen LogP contribution in [0.5, 0.6) is 0 Å². The molecule has 2 saturated heterocycles. The van der Waals surface area contributed by atoms with Gasteiger partial charge in [0.25, 0.3) is 5.91 Å². The molecule has 0 radical (unpaired) electrons. The monoisotopic (exact) mass is 1470 g/mol. The lowest BCUT2D eigenvalue weighted by molar-refractivity contribution is -0.193. The van der Waals surface area contributed by atoms with E-state index in [1.807, 2.05) is 24.3 Å². The van der Waals surface area contributed by atoms with Crippen molar-refractivity contribution in [3.63, 3.8) is 0 Å². The molecule has 0 bridgehead atoms. The predicted octanol–water partition coefficient (Wildman–Crippen LogP) is 1.68. The molecule has 31 nitrogen and oxygen atoms in total. The number of aliphatic carboxylic acids is 5. The first-order valence-corrected chi connectivity index (χ1v) is 28.6. The summed E-state index contributed by atoms with van der Waals surface area (Å²) in [6.07, 6.45) is -22.6. The lowest BCUT2D eigenvalue weighted by atomic mass is 10.0. The van der Waals surface area contributed by atoms with E-state index in [0.717, 1.165) is 39.0 Å². The minimum Gasteiger partial charge on any atom is -0.475 e. The first-order valence-electron chi connectivity index (χ1n) is 28.6. The Morgan fingerprint density at radius 1 is 0.590 bits per heavy atom. The van der Waals surface area contributed by atoms with E-state index >= 15 is 0 Å². The number of carbonyl (C=O) groups is 12. The Balaban J connectivity index is 0.00000227. The first kappa shape index (κ1) is 90.3. The maximum atomic E-state index is 13.9. The number of nitrogens with two attached hydrogens (primary N) is 3. The number of fused-ring (bicyclic) bond motifs is 2. The van der Waals surface area contributed by atoms with Gasteiger partial charge in [-0.1, -0.05) is 24.3 Å². The maximum Gasteiger partial charge on any atom is 0.490 e. The number of imide groups is 1. The van der Waals surface area contributed by atoms with Crippen LogP contribution in [0.2, 0.25) is 0 Å². The van der Waals surface area contributed by atoms with Crippen molar-refractivity contribution in [1.29, 1.82) is 0 Å². The number of hydrogen-bond acceptors (Lipinski definition) is 18. The number of piperidine rings is 1. The highest BCUT2D eigenvalue weighted by atomic mass is 19.4. The van der Waals surface area contributed by atoms with Gasteiger partial charge in [0.1, 0.15) is 12.1 Å². The van der Waals surface area contributed by atoms with Crippen LogP contribution in [0.25, 0.3) is 0 Å². The number of guanidine groups is 1. The van der Waals surface area contributed by atoms with Gasteiger partial charge in [0.2, 0.25) is 35.4 Å². The van der Waals surface area contributed by atoms with Gasteiger partial charge in [0.05, 0.1) is 35.2 Å². The summed E-state index contributed by atoms with van der Waals surface area (Å²) in [5.74, 6) is -16.6. The van der Waals surface area contributed by atoms with Gasteiger partial charge in [0, 0.05) is 84.8 Å². The number of halogens is 15. The van der Waals surface area contributed by atoms with Crippen molar-refractivity contribution in [2.45, 2.75) is 107 Å². The van der Waals surface area contributed by atoms with Crippen molar-refractivity contribution in [2.24, 2.45) is 22.2 Å². The number of para-hydroxylation sites is 3. The van der Waals surface area contributed by atoms with Gasteiger partial charge in [-0.15, -0.1) is 0 Å². The van der Waals surface area contributed by atoms with Crippen LogP contribution in [0, 0.1) is 0 Å². The zero-order chi connectivity index (χ0) is 77.3. The number of nitrogens with zero attached hydrogens (tertiary/aromatic N) is 5. The van der Waals surface area contributed by atoms with Gasteiger partial charge in [0.15, 0.2) is 5.96 Å². The van der Waals surface area contributed by atoms with Crippen LogP contribution in [0.3, 0.4) is 0 Å². The smallest absolute Gasteiger partial charge is 0.475 e. The number of likely N-dealkylation sites (tertiary alicyclic amines) is 1. The molecule has 0 spiro atoms. The topological polar surface area (TPSA) is 482 Å². The summed E-state index contributed by atoms with van der Waals surface area (Å²) in [5.41, 5.74) is 18.7. The fourth-order valence-corrected chi connectivity index (χ4v) is 8.09. The number of benzene rings is 2. The van der Waals surface area contributed by atoms with Crippen LogP contribution >= 0.6 is 0 Å². The fraction of sp³-hybridized carbons (Fsp3) is 0.537. The normalized spacial score (nSPS) is 15.1. The number of aliphatic imine (C=N–C) groups is 1. The van der Waals surface area contributed by atoms with Crippen molar-refractivity contribution < 1.29 is 149 Å². The molecule has 2 aromatic rings. The summed E-state index contributed by atoms with van der Waals surface area (Å²) in [6, 6.07) is 11.7. The summed E-state index contributed by atoms with van der Waals surface area (Å²) >= 11 is 0. The summed E-state index contributed by atoms with van der Waals surface area (Å²) < 4.78 is 159. The number of carbonyl (C=O) groups excluding carboxylic acids is 7. The highest BCUT2D eigenvalue weighted by molar-refractivity contribution is 6.18. The third-order valence-electron chi connectivity index (χ3n) is 12.9. The second-order valence-corrected chi connectivity index (χ2v) is 20.7. The Labute approximate surface area is 555 Å². The molecule has 0 aliphatic carbocycles. The van der Waals surface area contributed by atoms with Gasteiger partial charge in [-0.25, -0.2) is 24.0 Å². The number of carboxylic acids is 5. The number of alkyl halides is 15. The van der Waals surface area contributed by atoms with Crippen LogP contribution in [0.15, 0.2) is 53.5 Å². The molecule has 3 atom stereocenters. The van der Waals surface area contributed by atoms with Crippen molar-refractivity contribution in [3.05, 3.63) is 54.1 Å².